The van der Waals surface area contributed by atoms with E-state index in [-0.39, 0.29) is 17.9 Å². The second-order valence-electron chi connectivity index (χ2n) is 6.24. The number of carbonyl (C=O) groups is 1. The number of aryl methyl sites for hydroxylation is 1. The molecule has 3 N–H and O–H groups in total. The Morgan fingerprint density at radius 2 is 2.33 bits per heavy atom. The summed E-state index contributed by atoms with van der Waals surface area (Å²) in [5, 5.41) is 7.30. The average Bonchev–Trinajstić information content (AvgIpc) is 3.15. The van der Waals surface area contributed by atoms with Crippen LogP contribution in [0.3, 0.4) is 0 Å². The van der Waals surface area contributed by atoms with Gasteiger partial charge in [0, 0.05) is 38.6 Å². The van der Waals surface area contributed by atoms with Crippen LogP contribution in [0.5, 0.6) is 0 Å². The van der Waals surface area contributed by atoms with Gasteiger partial charge in [-0.2, -0.15) is 5.10 Å². The Labute approximate surface area is 125 Å². The average molecular weight is 292 g/mol. The number of amides is 1. The summed E-state index contributed by atoms with van der Waals surface area (Å²) < 4.78 is 6.85. The molecular formula is C15H24N4O2. The number of nitrogens with zero attached hydrogens (tertiary/aromatic N) is 2. The molecule has 4 unspecified atom stereocenters. The summed E-state index contributed by atoms with van der Waals surface area (Å²) in [6.45, 7) is 1.50. The third kappa shape index (κ3) is 2.96. The molecule has 2 fully saturated rings. The normalized spacial score (nSPS) is 30.8. The second-order valence-corrected chi connectivity index (χ2v) is 6.24. The molecular weight excluding hydrogens is 268 g/mol. The maximum absolute atomic E-state index is 12.4. The Kier molecular flexibility index (Phi) is 4.26. The number of ether oxygens (including phenoxy) is 1. The van der Waals surface area contributed by atoms with E-state index in [0.29, 0.717) is 24.3 Å². The zero-order chi connectivity index (χ0) is 14.8. The summed E-state index contributed by atoms with van der Waals surface area (Å²) in [7, 11) is 1.69. The fraction of sp³-hybridized carbons (Fsp3) is 0.733. The van der Waals surface area contributed by atoms with E-state index in [1.807, 2.05) is 16.9 Å². The van der Waals surface area contributed by atoms with Gasteiger partial charge >= 0.3 is 0 Å². The Hall–Kier alpha value is -1.40. The number of anilines is 1. The van der Waals surface area contributed by atoms with Crippen molar-refractivity contribution in [2.75, 3.05) is 19.0 Å². The zero-order valence-corrected chi connectivity index (χ0v) is 12.5. The monoisotopic (exact) mass is 292 g/mol. The van der Waals surface area contributed by atoms with Gasteiger partial charge < -0.3 is 15.8 Å². The predicted octanol–water partition coefficient (Wildman–Crippen LogP) is 1.23. The molecule has 0 saturated heterocycles. The predicted molar refractivity (Wildman–Crippen MR) is 79.6 cm³/mol. The second kappa shape index (κ2) is 6.15. The molecule has 3 rings (SSSR count). The van der Waals surface area contributed by atoms with Crippen LogP contribution in [0, 0.1) is 17.8 Å². The highest BCUT2D eigenvalue weighted by Gasteiger charge is 2.49. The van der Waals surface area contributed by atoms with E-state index in [1.54, 1.807) is 7.11 Å². The van der Waals surface area contributed by atoms with Crippen LogP contribution in [-0.2, 0) is 16.1 Å². The molecule has 116 valence electrons. The lowest BCUT2D eigenvalue weighted by atomic mass is 9.84. The molecule has 1 heterocycles. The van der Waals surface area contributed by atoms with Crippen molar-refractivity contribution in [3.05, 3.63) is 12.3 Å². The summed E-state index contributed by atoms with van der Waals surface area (Å²) in [6.07, 6.45) is 6.23. The number of fused-ring (bicyclic) bond motifs is 2. The van der Waals surface area contributed by atoms with Gasteiger partial charge in [-0.25, -0.2) is 0 Å². The number of carbonyl (C=O) groups excluding carboxylic acids is 1. The lowest BCUT2D eigenvalue weighted by Crippen LogP contribution is -2.42. The molecule has 1 amide bonds. The van der Waals surface area contributed by atoms with E-state index in [1.165, 1.54) is 6.42 Å². The van der Waals surface area contributed by atoms with Crippen molar-refractivity contribution in [3.63, 3.8) is 0 Å². The molecule has 2 aliphatic carbocycles. The van der Waals surface area contributed by atoms with Crippen molar-refractivity contribution in [1.29, 1.82) is 0 Å². The first-order valence-electron chi connectivity index (χ1n) is 7.78. The lowest BCUT2D eigenvalue weighted by molar-refractivity contribution is -0.121. The molecule has 2 bridgehead atoms. The van der Waals surface area contributed by atoms with Crippen LogP contribution >= 0.6 is 0 Å². The molecule has 2 saturated carbocycles. The molecule has 6 nitrogen and oxygen atoms in total. The molecule has 21 heavy (non-hydrogen) atoms. The van der Waals surface area contributed by atoms with E-state index in [2.05, 4.69) is 10.4 Å². The number of rotatable bonds is 6. The molecule has 0 radical (unpaired) electrons. The SMILES string of the molecule is COCCCn1ccc(NC(=O)C2C3CCC(C3)C2N)n1. The minimum Gasteiger partial charge on any atom is -0.385 e. The van der Waals surface area contributed by atoms with Gasteiger partial charge in [0.05, 0.1) is 5.92 Å². The van der Waals surface area contributed by atoms with Crippen molar-refractivity contribution < 1.29 is 9.53 Å². The first-order chi connectivity index (χ1) is 10.2. The summed E-state index contributed by atoms with van der Waals surface area (Å²) in [5.74, 6) is 1.62. The summed E-state index contributed by atoms with van der Waals surface area (Å²) in [5.41, 5.74) is 6.20. The van der Waals surface area contributed by atoms with Crippen molar-refractivity contribution in [3.8, 4) is 0 Å². The molecule has 0 spiro atoms. The number of hydrogen-bond acceptors (Lipinski definition) is 4. The van der Waals surface area contributed by atoms with E-state index in [9.17, 15) is 4.79 Å². The molecule has 6 heteroatoms. The lowest BCUT2D eigenvalue weighted by Gasteiger charge is -2.26. The third-order valence-electron chi connectivity index (χ3n) is 4.91. The van der Waals surface area contributed by atoms with Crippen LogP contribution in [0.1, 0.15) is 25.7 Å². The molecule has 4 atom stereocenters. The van der Waals surface area contributed by atoms with E-state index >= 15 is 0 Å². The standard InChI is InChI=1S/C15H24N4O2/c1-21-8-2-6-19-7-5-12(18-19)17-15(20)13-10-3-4-11(9-10)14(13)16/h5,7,10-11,13-14H,2-4,6,8-9,16H2,1H3,(H,17,18,20). The highest BCUT2D eigenvalue weighted by molar-refractivity contribution is 5.92. The van der Waals surface area contributed by atoms with Crippen molar-refractivity contribution in [2.45, 2.75) is 38.3 Å². The Morgan fingerprint density at radius 1 is 1.52 bits per heavy atom. The van der Waals surface area contributed by atoms with Crippen LogP contribution in [0.25, 0.3) is 0 Å². The van der Waals surface area contributed by atoms with Crippen LogP contribution in [0.2, 0.25) is 0 Å². The van der Waals surface area contributed by atoms with Gasteiger partial charge in [-0.05, 0) is 37.5 Å². The van der Waals surface area contributed by atoms with Gasteiger partial charge in [0.2, 0.25) is 5.91 Å². The molecule has 2 aliphatic rings. The van der Waals surface area contributed by atoms with Gasteiger partial charge in [0.15, 0.2) is 5.82 Å². The number of nitrogens with two attached hydrogens (primary N) is 1. The van der Waals surface area contributed by atoms with E-state index in [4.69, 9.17) is 10.5 Å². The largest absolute Gasteiger partial charge is 0.385 e. The Balaban J connectivity index is 1.55. The van der Waals surface area contributed by atoms with Crippen LogP contribution in [-0.4, -0.2) is 35.4 Å². The first-order valence-corrected chi connectivity index (χ1v) is 7.78. The van der Waals surface area contributed by atoms with Crippen LogP contribution in [0.15, 0.2) is 12.3 Å². The summed E-state index contributed by atoms with van der Waals surface area (Å²) >= 11 is 0. The highest BCUT2D eigenvalue weighted by Crippen LogP contribution is 2.47. The van der Waals surface area contributed by atoms with Gasteiger partial charge in [-0.1, -0.05) is 0 Å². The molecule has 0 aromatic carbocycles. The highest BCUT2D eigenvalue weighted by atomic mass is 16.5. The quantitative estimate of drug-likeness (QED) is 0.773. The third-order valence-corrected chi connectivity index (χ3v) is 4.91. The number of hydrogen-bond donors (Lipinski definition) is 2. The van der Waals surface area contributed by atoms with Gasteiger partial charge in [-0.15, -0.1) is 0 Å². The van der Waals surface area contributed by atoms with Crippen molar-refractivity contribution in [2.24, 2.45) is 23.5 Å². The fourth-order valence-electron chi connectivity index (χ4n) is 3.86. The maximum atomic E-state index is 12.4. The Bertz CT molecular complexity index is 500. The summed E-state index contributed by atoms with van der Waals surface area (Å²) in [4.78, 5) is 12.4. The Morgan fingerprint density at radius 3 is 3.05 bits per heavy atom. The number of aromatic nitrogens is 2. The fourth-order valence-corrected chi connectivity index (χ4v) is 3.86. The summed E-state index contributed by atoms with van der Waals surface area (Å²) in [6, 6.07) is 1.86. The number of nitrogens with one attached hydrogen (secondary N) is 1. The van der Waals surface area contributed by atoms with Gasteiger partial charge in [0.1, 0.15) is 0 Å². The van der Waals surface area contributed by atoms with Gasteiger partial charge in [-0.3, -0.25) is 9.48 Å². The van der Waals surface area contributed by atoms with Crippen molar-refractivity contribution in [1.82, 2.24) is 9.78 Å². The molecule has 1 aromatic rings. The van der Waals surface area contributed by atoms with Crippen LogP contribution in [0.4, 0.5) is 5.82 Å². The molecule has 1 aromatic heterocycles. The minimum absolute atomic E-state index is 0.0209. The topological polar surface area (TPSA) is 82.2 Å². The minimum atomic E-state index is -0.0395. The van der Waals surface area contributed by atoms with E-state index in [0.717, 1.165) is 25.8 Å². The smallest absolute Gasteiger partial charge is 0.230 e. The maximum Gasteiger partial charge on any atom is 0.230 e. The van der Waals surface area contributed by atoms with Crippen molar-refractivity contribution >= 4 is 11.7 Å². The van der Waals surface area contributed by atoms with E-state index < -0.39 is 0 Å². The first kappa shape index (κ1) is 14.5. The number of methoxy groups -OCH3 is 1. The van der Waals surface area contributed by atoms with Gasteiger partial charge in [0.25, 0.3) is 0 Å². The zero-order valence-electron chi connectivity index (χ0n) is 12.5. The molecule has 0 aliphatic heterocycles. The van der Waals surface area contributed by atoms with Crippen LogP contribution < -0.4 is 11.1 Å².